The standard InChI is InChI=1S/C27H44O.C6H14N2O2.H2O4S/c1-19(2)8-6-9-21(4)25-15-16-26-22(10-7-17-27(25,26)5)12-13-23-18-24(28)14-11-20(23)3;7-4-2-1-3-5(8)6(9)10;1-5(2,3)4/h12-13,19,21,24-26,28H,3,6-11,14-18H2,1-2,4-5H3;5H,1-4,7-8H2,(H,9,10);(H2,1,2,3,4)/b22-12+,23-13-;;/t21-,24+,25-,26?,27-;5-;/m10./s1. The van der Waals surface area contributed by atoms with Gasteiger partial charge in [0.25, 0.3) is 0 Å². The summed E-state index contributed by atoms with van der Waals surface area (Å²) in [6.07, 6.45) is 20.4. The summed E-state index contributed by atoms with van der Waals surface area (Å²) < 4.78 is 31.6. The number of allylic oxidation sites excluding steroid dienone is 4. The van der Waals surface area contributed by atoms with Crippen molar-refractivity contribution in [3.63, 3.8) is 0 Å². The SMILES string of the molecule is C=C1CC[C@H](O)C/C1=C/C=C1\CCC[C@@]2(C)C1CC[C@@H]2[C@H](C)CCCC(C)C.NCCCC[C@H](N)C(=O)O.O=S(=O)(O)O. The van der Waals surface area contributed by atoms with E-state index in [-0.39, 0.29) is 6.10 Å². The number of rotatable bonds is 11. The van der Waals surface area contributed by atoms with Crippen LogP contribution in [0, 0.1) is 29.1 Å². The van der Waals surface area contributed by atoms with Gasteiger partial charge >= 0.3 is 16.4 Å². The molecule has 3 aliphatic rings. The van der Waals surface area contributed by atoms with Gasteiger partial charge in [0.15, 0.2) is 0 Å². The zero-order valence-corrected chi connectivity index (χ0v) is 27.8. The van der Waals surface area contributed by atoms with Gasteiger partial charge in [-0.05, 0) is 105 Å². The molecule has 10 heteroatoms. The quantitative estimate of drug-likeness (QED) is 0.110. The van der Waals surface area contributed by atoms with Gasteiger partial charge in [-0.2, -0.15) is 8.42 Å². The number of aliphatic hydroxyl groups is 1. The van der Waals surface area contributed by atoms with Crippen molar-refractivity contribution in [1.82, 2.24) is 0 Å². The molecular formula is C33H60N2O7S. The highest BCUT2D eigenvalue weighted by Gasteiger charge is 2.50. The number of unbranched alkanes of at least 4 members (excludes halogenated alkanes) is 1. The first-order valence-electron chi connectivity index (χ1n) is 16.1. The van der Waals surface area contributed by atoms with E-state index in [2.05, 4.69) is 46.4 Å². The van der Waals surface area contributed by atoms with E-state index in [4.69, 9.17) is 34.1 Å². The molecule has 6 atom stereocenters. The third-order valence-electron chi connectivity index (χ3n) is 9.64. The Morgan fingerprint density at radius 2 is 1.70 bits per heavy atom. The van der Waals surface area contributed by atoms with Crippen molar-refractivity contribution in [2.45, 2.75) is 130 Å². The average Bonchev–Trinajstić information content (AvgIpc) is 3.26. The monoisotopic (exact) mass is 628 g/mol. The largest absolute Gasteiger partial charge is 0.480 e. The molecule has 0 aromatic heterocycles. The maximum atomic E-state index is 10.1. The van der Waals surface area contributed by atoms with E-state index in [1.54, 1.807) is 5.57 Å². The molecule has 0 aromatic carbocycles. The van der Waals surface area contributed by atoms with Gasteiger partial charge in [0.05, 0.1) is 6.10 Å². The Labute approximate surface area is 260 Å². The highest BCUT2D eigenvalue weighted by molar-refractivity contribution is 7.79. The molecule has 3 aliphatic carbocycles. The van der Waals surface area contributed by atoms with Crippen LogP contribution >= 0.6 is 0 Å². The number of hydrogen-bond donors (Lipinski definition) is 6. The van der Waals surface area contributed by atoms with Crippen LogP contribution in [0.25, 0.3) is 0 Å². The number of carboxylic acid groups (broad SMARTS) is 1. The highest BCUT2D eigenvalue weighted by Crippen LogP contribution is 2.60. The van der Waals surface area contributed by atoms with Gasteiger partial charge in [0, 0.05) is 0 Å². The Balaban J connectivity index is 0.000000511. The molecule has 1 unspecified atom stereocenters. The lowest BCUT2D eigenvalue weighted by atomic mass is 9.60. The Morgan fingerprint density at radius 3 is 2.28 bits per heavy atom. The van der Waals surface area contributed by atoms with Crippen LogP contribution in [0.4, 0.5) is 0 Å². The summed E-state index contributed by atoms with van der Waals surface area (Å²) in [7, 11) is -4.67. The number of hydrogen-bond acceptors (Lipinski definition) is 6. The Kier molecular flexibility index (Phi) is 17.5. The van der Waals surface area contributed by atoms with Crippen molar-refractivity contribution in [2.75, 3.05) is 6.54 Å². The predicted octanol–water partition coefficient (Wildman–Crippen LogP) is 6.49. The smallest absolute Gasteiger partial charge is 0.394 e. The molecule has 8 N–H and O–H groups in total. The van der Waals surface area contributed by atoms with Crippen LogP contribution in [0.3, 0.4) is 0 Å². The Hall–Kier alpha value is -1.56. The van der Waals surface area contributed by atoms with Crippen LogP contribution in [0.2, 0.25) is 0 Å². The molecule has 0 amide bonds. The predicted molar refractivity (Wildman–Crippen MR) is 174 cm³/mol. The zero-order chi connectivity index (χ0) is 32.8. The van der Waals surface area contributed by atoms with E-state index in [0.29, 0.717) is 18.4 Å². The lowest BCUT2D eigenvalue weighted by Gasteiger charge is -2.44. The van der Waals surface area contributed by atoms with E-state index in [1.807, 2.05) is 0 Å². The van der Waals surface area contributed by atoms with Crippen LogP contribution in [0.15, 0.2) is 35.5 Å². The molecule has 3 fully saturated rings. The van der Waals surface area contributed by atoms with Crippen LogP contribution in [-0.2, 0) is 15.2 Å². The van der Waals surface area contributed by atoms with Crippen molar-refractivity contribution < 1.29 is 32.5 Å². The molecule has 0 saturated heterocycles. The Morgan fingerprint density at radius 1 is 1.05 bits per heavy atom. The molecule has 250 valence electrons. The third-order valence-corrected chi connectivity index (χ3v) is 9.64. The van der Waals surface area contributed by atoms with Crippen molar-refractivity contribution in [1.29, 1.82) is 0 Å². The number of fused-ring (bicyclic) bond motifs is 1. The summed E-state index contributed by atoms with van der Waals surface area (Å²) in [5, 5.41) is 18.3. The molecule has 0 aromatic rings. The molecule has 0 spiro atoms. The minimum Gasteiger partial charge on any atom is -0.480 e. The second-order valence-electron chi connectivity index (χ2n) is 13.5. The van der Waals surface area contributed by atoms with Crippen molar-refractivity contribution in [3.8, 4) is 0 Å². The topological polar surface area (TPSA) is 184 Å². The van der Waals surface area contributed by atoms with Gasteiger partial charge in [-0.15, -0.1) is 0 Å². The highest BCUT2D eigenvalue weighted by atomic mass is 32.3. The van der Waals surface area contributed by atoms with Crippen molar-refractivity contribution in [3.05, 3.63) is 35.5 Å². The van der Waals surface area contributed by atoms with E-state index in [1.165, 1.54) is 62.5 Å². The minimum absolute atomic E-state index is 0.172. The summed E-state index contributed by atoms with van der Waals surface area (Å²) >= 11 is 0. The number of aliphatic hydroxyl groups excluding tert-OH is 1. The van der Waals surface area contributed by atoms with Crippen molar-refractivity contribution >= 4 is 16.4 Å². The van der Waals surface area contributed by atoms with Crippen LogP contribution in [-0.4, -0.2) is 52.4 Å². The molecule has 3 rings (SSSR count). The summed E-state index contributed by atoms with van der Waals surface area (Å²) in [4.78, 5) is 10.1. The second-order valence-corrected chi connectivity index (χ2v) is 14.4. The lowest BCUT2D eigenvalue weighted by Crippen LogP contribution is -2.36. The van der Waals surface area contributed by atoms with Crippen LogP contribution in [0.1, 0.15) is 118 Å². The second kappa shape index (κ2) is 19.1. The first kappa shape index (κ1) is 39.5. The van der Waals surface area contributed by atoms with Gasteiger partial charge in [0.2, 0.25) is 0 Å². The average molecular weight is 629 g/mol. The lowest BCUT2D eigenvalue weighted by molar-refractivity contribution is -0.138. The first-order valence-corrected chi connectivity index (χ1v) is 17.5. The maximum absolute atomic E-state index is 10.1. The van der Waals surface area contributed by atoms with E-state index < -0.39 is 22.4 Å². The van der Waals surface area contributed by atoms with Gasteiger partial charge < -0.3 is 21.7 Å². The van der Waals surface area contributed by atoms with Crippen LogP contribution in [0.5, 0.6) is 0 Å². The van der Waals surface area contributed by atoms with Gasteiger partial charge in [-0.25, -0.2) is 0 Å². The fourth-order valence-electron chi connectivity index (χ4n) is 7.29. The van der Waals surface area contributed by atoms with E-state index >= 15 is 0 Å². The molecule has 0 heterocycles. The zero-order valence-electron chi connectivity index (χ0n) is 27.0. The van der Waals surface area contributed by atoms with Crippen molar-refractivity contribution in [2.24, 2.45) is 40.6 Å². The number of carbonyl (C=O) groups is 1. The van der Waals surface area contributed by atoms with Gasteiger partial charge in [0.1, 0.15) is 6.04 Å². The van der Waals surface area contributed by atoms with E-state index in [0.717, 1.165) is 55.8 Å². The normalized spacial score (nSPS) is 28.9. The number of nitrogens with two attached hydrogens (primary N) is 2. The molecule has 0 aliphatic heterocycles. The van der Waals surface area contributed by atoms with Gasteiger partial charge in [-0.3, -0.25) is 13.9 Å². The minimum atomic E-state index is -4.67. The maximum Gasteiger partial charge on any atom is 0.394 e. The third kappa shape index (κ3) is 14.8. The fourth-order valence-corrected chi connectivity index (χ4v) is 7.29. The number of carboxylic acids is 1. The molecule has 0 bridgehead atoms. The fraction of sp³-hybridized carbons (Fsp3) is 0.788. The van der Waals surface area contributed by atoms with Gasteiger partial charge in [-0.1, -0.05) is 83.3 Å². The van der Waals surface area contributed by atoms with Crippen LogP contribution < -0.4 is 11.5 Å². The first-order chi connectivity index (χ1) is 20.0. The molecule has 3 saturated carbocycles. The summed E-state index contributed by atoms with van der Waals surface area (Å²) in [5.41, 5.74) is 15.1. The molecule has 9 nitrogen and oxygen atoms in total. The molecule has 0 radical (unpaired) electrons. The molecule has 43 heavy (non-hydrogen) atoms. The Bertz CT molecular complexity index is 1030. The van der Waals surface area contributed by atoms with E-state index in [9.17, 15) is 9.90 Å². The number of aliphatic carboxylic acids is 1. The summed E-state index contributed by atoms with van der Waals surface area (Å²) in [5.74, 6) is 2.44. The molecular weight excluding hydrogens is 568 g/mol. The summed E-state index contributed by atoms with van der Waals surface area (Å²) in [6, 6.07) is -0.716. The summed E-state index contributed by atoms with van der Waals surface area (Å²) in [6.45, 7) is 14.7.